The molecule has 20 heavy (non-hydrogen) atoms. The molecule has 1 fully saturated rings. The van der Waals surface area contributed by atoms with E-state index in [4.69, 9.17) is 0 Å². The Kier molecular flexibility index (Phi) is 7.83. The highest BCUT2D eigenvalue weighted by molar-refractivity contribution is 14.0. The van der Waals surface area contributed by atoms with Crippen molar-refractivity contribution in [1.29, 1.82) is 0 Å². The molecule has 2 N–H and O–H groups in total. The van der Waals surface area contributed by atoms with Crippen molar-refractivity contribution in [2.24, 2.45) is 4.99 Å². The van der Waals surface area contributed by atoms with Crippen LogP contribution in [-0.4, -0.2) is 47.1 Å². The average molecular weight is 390 g/mol. The van der Waals surface area contributed by atoms with E-state index in [0.29, 0.717) is 6.54 Å². The Morgan fingerprint density at radius 3 is 2.65 bits per heavy atom. The van der Waals surface area contributed by atoms with Crippen LogP contribution in [0.3, 0.4) is 0 Å². The molecule has 2 heterocycles. The fourth-order valence-electron chi connectivity index (χ4n) is 2.22. The summed E-state index contributed by atoms with van der Waals surface area (Å²) < 4.78 is 0. The van der Waals surface area contributed by atoms with Gasteiger partial charge >= 0.3 is 0 Å². The van der Waals surface area contributed by atoms with E-state index in [9.17, 15) is 5.11 Å². The molecule has 1 aromatic heterocycles. The molecule has 0 aliphatic carbocycles. The molecule has 0 spiro atoms. The number of pyridine rings is 1. The number of nitrogens with zero attached hydrogens (tertiary/aromatic N) is 3. The Labute approximate surface area is 137 Å². The van der Waals surface area contributed by atoms with Gasteiger partial charge in [0.2, 0.25) is 0 Å². The Bertz CT molecular complexity index is 407. The number of aliphatic imine (C=N–C) groups is 1. The lowest BCUT2D eigenvalue weighted by atomic mass is 10.1. The van der Waals surface area contributed by atoms with E-state index >= 15 is 0 Å². The molecule has 112 valence electrons. The van der Waals surface area contributed by atoms with Crippen LogP contribution in [-0.2, 0) is 0 Å². The molecule has 1 aliphatic heterocycles. The molecule has 2 rings (SSSR count). The molecule has 0 radical (unpaired) electrons. The minimum Gasteiger partial charge on any atom is -0.386 e. The Hall–Kier alpha value is -0.890. The second-order valence-electron chi connectivity index (χ2n) is 4.69. The highest BCUT2D eigenvalue weighted by Crippen LogP contribution is 2.12. The summed E-state index contributed by atoms with van der Waals surface area (Å²) in [5.41, 5.74) is 0.857. The number of likely N-dealkylation sites (tertiary alicyclic amines) is 1. The highest BCUT2D eigenvalue weighted by Gasteiger charge is 2.16. The van der Waals surface area contributed by atoms with Gasteiger partial charge in [0.15, 0.2) is 5.96 Å². The SMILES string of the molecule is CCNC(=NCC(O)c1ccncc1)N1CCCC1.I. The maximum atomic E-state index is 10.1. The summed E-state index contributed by atoms with van der Waals surface area (Å²) in [7, 11) is 0. The van der Waals surface area contributed by atoms with Crippen molar-refractivity contribution < 1.29 is 5.11 Å². The number of rotatable bonds is 4. The van der Waals surface area contributed by atoms with Gasteiger partial charge in [0.1, 0.15) is 0 Å². The van der Waals surface area contributed by atoms with Crippen molar-refractivity contribution >= 4 is 29.9 Å². The third kappa shape index (κ3) is 4.90. The molecule has 0 saturated carbocycles. The number of halogens is 1. The molecule has 5 nitrogen and oxygen atoms in total. The first-order valence-corrected chi connectivity index (χ1v) is 6.92. The van der Waals surface area contributed by atoms with Crippen molar-refractivity contribution in [2.75, 3.05) is 26.2 Å². The lowest BCUT2D eigenvalue weighted by Gasteiger charge is -2.21. The van der Waals surface area contributed by atoms with Crippen LogP contribution < -0.4 is 5.32 Å². The normalized spacial score (nSPS) is 16.7. The topological polar surface area (TPSA) is 60.8 Å². The van der Waals surface area contributed by atoms with Gasteiger partial charge in [-0.1, -0.05) is 0 Å². The number of hydrogen-bond acceptors (Lipinski definition) is 3. The van der Waals surface area contributed by atoms with Crippen molar-refractivity contribution in [2.45, 2.75) is 25.9 Å². The van der Waals surface area contributed by atoms with Crippen molar-refractivity contribution in [3.63, 3.8) is 0 Å². The first-order valence-electron chi connectivity index (χ1n) is 6.92. The lowest BCUT2D eigenvalue weighted by Crippen LogP contribution is -2.39. The molecule has 0 bridgehead atoms. The fraction of sp³-hybridized carbons (Fsp3) is 0.571. The maximum absolute atomic E-state index is 10.1. The quantitative estimate of drug-likeness (QED) is 0.468. The largest absolute Gasteiger partial charge is 0.386 e. The van der Waals surface area contributed by atoms with Gasteiger partial charge in [-0.05, 0) is 37.5 Å². The minimum absolute atomic E-state index is 0. The Morgan fingerprint density at radius 2 is 2.05 bits per heavy atom. The van der Waals surface area contributed by atoms with Crippen LogP contribution in [0.1, 0.15) is 31.4 Å². The van der Waals surface area contributed by atoms with E-state index in [2.05, 4.69) is 27.1 Å². The smallest absolute Gasteiger partial charge is 0.194 e. The Morgan fingerprint density at radius 1 is 1.40 bits per heavy atom. The molecule has 6 heteroatoms. The number of aliphatic hydroxyl groups excluding tert-OH is 1. The third-order valence-corrected chi connectivity index (χ3v) is 3.25. The highest BCUT2D eigenvalue weighted by atomic mass is 127. The van der Waals surface area contributed by atoms with Crippen LogP contribution in [0.4, 0.5) is 0 Å². The maximum Gasteiger partial charge on any atom is 0.194 e. The second-order valence-corrected chi connectivity index (χ2v) is 4.69. The van der Waals surface area contributed by atoms with Crippen molar-refractivity contribution in [3.8, 4) is 0 Å². The van der Waals surface area contributed by atoms with Gasteiger partial charge in [0, 0.05) is 32.0 Å². The summed E-state index contributed by atoms with van der Waals surface area (Å²) in [6.45, 7) is 5.39. The zero-order valence-electron chi connectivity index (χ0n) is 11.8. The predicted octanol–water partition coefficient (Wildman–Crippen LogP) is 1.79. The minimum atomic E-state index is -0.570. The van der Waals surface area contributed by atoms with E-state index in [1.54, 1.807) is 12.4 Å². The predicted molar refractivity (Wildman–Crippen MR) is 91.4 cm³/mol. The molecular weight excluding hydrogens is 367 g/mol. The summed E-state index contributed by atoms with van der Waals surface area (Å²) in [6.07, 6.45) is 5.25. The Balaban J connectivity index is 0.00000200. The second kappa shape index (κ2) is 9.12. The van der Waals surface area contributed by atoms with Crippen LogP contribution in [0.2, 0.25) is 0 Å². The number of aromatic nitrogens is 1. The molecule has 0 amide bonds. The van der Waals surface area contributed by atoms with Gasteiger partial charge in [0.25, 0.3) is 0 Å². The van der Waals surface area contributed by atoms with E-state index in [1.807, 2.05) is 12.1 Å². The summed E-state index contributed by atoms with van der Waals surface area (Å²) in [6, 6.07) is 3.64. The van der Waals surface area contributed by atoms with Crippen LogP contribution in [0.25, 0.3) is 0 Å². The molecule has 1 aliphatic rings. The number of aliphatic hydroxyl groups is 1. The monoisotopic (exact) mass is 390 g/mol. The van der Waals surface area contributed by atoms with Gasteiger partial charge in [-0.15, -0.1) is 24.0 Å². The van der Waals surface area contributed by atoms with Gasteiger partial charge in [-0.2, -0.15) is 0 Å². The van der Waals surface area contributed by atoms with Gasteiger partial charge in [-0.25, -0.2) is 0 Å². The standard InChI is InChI=1S/C14H22N4O.HI/c1-2-16-14(18-9-3-4-10-18)17-11-13(19)12-5-7-15-8-6-12;/h5-8,13,19H,2-4,9-11H2,1H3,(H,16,17);1H. The van der Waals surface area contributed by atoms with Crippen LogP contribution >= 0.6 is 24.0 Å². The van der Waals surface area contributed by atoms with Gasteiger partial charge < -0.3 is 15.3 Å². The number of guanidine groups is 1. The summed E-state index contributed by atoms with van der Waals surface area (Å²) >= 11 is 0. The van der Waals surface area contributed by atoms with Gasteiger partial charge in [-0.3, -0.25) is 9.98 Å². The van der Waals surface area contributed by atoms with E-state index < -0.39 is 6.10 Å². The molecule has 1 aromatic rings. The van der Waals surface area contributed by atoms with Gasteiger partial charge in [0.05, 0.1) is 12.6 Å². The molecule has 1 unspecified atom stereocenters. The zero-order chi connectivity index (χ0) is 13.5. The first kappa shape index (κ1) is 17.2. The number of hydrogen-bond donors (Lipinski definition) is 2. The molecular formula is C14H23IN4O. The average Bonchev–Trinajstić information content (AvgIpc) is 2.98. The third-order valence-electron chi connectivity index (χ3n) is 3.25. The zero-order valence-corrected chi connectivity index (χ0v) is 14.2. The summed E-state index contributed by atoms with van der Waals surface area (Å²) in [5.74, 6) is 0.910. The van der Waals surface area contributed by atoms with E-state index in [-0.39, 0.29) is 24.0 Å². The van der Waals surface area contributed by atoms with E-state index in [0.717, 1.165) is 31.2 Å². The molecule has 0 aromatic carbocycles. The molecule has 1 saturated heterocycles. The van der Waals surface area contributed by atoms with Crippen LogP contribution in [0.15, 0.2) is 29.5 Å². The van der Waals surface area contributed by atoms with E-state index in [1.165, 1.54) is 12.8 Å². The van der Waals surface area contributed by atoms with Crippen LogP contribution in [0, 0.1) is 0 Å². The van der Waals surface area contributed by atoms with Crippen LogP contribution in [0.5, 0.6) is 0 Å². The number of nitrogens with one attached hydrogen (secondary N) is 1. The summed E-state index contributed by atoms with van der Waals surface area (Å²) in [4.78, 5) is 10.7. The fourth-order valence-corrected chi connectivity index (χ4v) is 2.22. The molecule has 1 atom stereocenters. The van der Waals surface area contributed by atoms with Crippen molar-refractivity contribution in [3.05, 3.63) is 30.1 Å². The lowest BCUT2D eigenvalue weighted by molar-refractivity contribution is 0.186. The van der Waals surface area contributed by atoms with Crippen molar-refractivity contribution in [1.82, 2.24) is 15.2 Å². The first-order chi connectivity index (χ1) is 9.31. The summed E-state index contributed by atoms with van der Waals surface area (Å²) in [5, 5.41) is 13.4.